The van der Waals surface area contributed by atoms with Crippen molar-refractivity contribution in [1.29, 1.82) is 0 Å². The molecule has 9 heteroatoms. The van der Waals surface area contributed by atoms with Gasteiger partial charge >= 0.3 is 0 Å². The lowest BCUT2D eigenvalue weighted by Gasteiger charge is -2.36. The second-order valence-corrected chi connectivity index (χ2v) is 10.4. The van der Waals surface area contributed by atoms with Crippen LogP contribution in [0, 0.1) is 0 Å². The molecule has 1 aliphatic rings. The van der Waals surface area contributed by atoms with Crippen LogP contribution in [0.2, 0.25) is 0 Å². The molecule has 1 saturated heterocycles. The number of nitrogens with one attached hydrogen (secondary N) is 1. The van der Waals surface area contributed by atoms with Crippen LogP contribution in [-0.4, -0.2) is 68.8 Å². The smallest absolute Gasteiger partial charge is 0.251 e. The standard InChI is InChI=1S/C27H29N3O5S/c1-35-23-12-14-24(15-13-23)36(33,34)30-18-16-29(17-19-30)27(32)25(20-21-8-4-2-5-9-21)28-26(31)22-10-6-3-7-11-22/h2-15,25H,16-20H2,1H3,(H,28,31)/t25-/m1/s1. The van der Waals surface area contributed by atoms with E-state index in [2.05, 4.69) is 5.32 Å². The lowest BCUT2D eigenvalue weighted by Crippen LogP contribution is -2.56. The van der Waals surface area contributed by atoms with Gasteiger partial charge in [0.05, 0.1) is 12.0 Å². The highest BCUT2D eigenvalue weighted by molar-refractivity contribution is 7.89. The zero-order valence-electron chi connectivity index (χ0n) is 20.0. The van der Waals surface area contributed by atoms with Crippen LogP contribution in [0.5, 0.6) is 5.75 Å². The average molecular weight is 508 g/mol. The third-order valence-corrected chi connectivity index (χ3v) is 8.08. The highest BCUT2D eigenvalue weighted by Crippen LogP contribution is 2.21. The molecule has 0 bridgehead atoms. The number of methoxy groups -OCH3 is 1. The van der Waals surface area contributed by atoms with E-state index in [0.717, 1.165) is 5.56 Å². The summed E-state index contributed by atoms with van der Waals surface area (Å²) in [6.07, 6.45) is 0.336. The molecule has 1 fully saturated rings. The number of carbonyl (C=O) groups excluding carboxylic acids is 2. The first-order valence-corrected chi connectivity index (χ1v) is 13.2. The summed E-state index contributed by atoms with van der Waals surface area (Å²) in [6.45, 7) is 0.816. The maximum atomic E-state index is 13.5. The molecule has 0 spiro atoms. The average Bonchev–Trinajstić information content (AvgIpc) is 2.93. The number of sulfonamides is 1. The molecule has 1 heterocycles. The van der Waals surface area contributed by atoms with Crippen molar-refractivity contribution >= 4 is 21.8 Å². The van der Waals surface area contributed by atoms with E-state index in [1.807, 2.05) is 36.4 Å². The second-order valence-electron chi connectivity index (χ2n) is 8.49. The zero-order chi connectivity index (χ0) is 25.5. The predicted molar refractivity (Wildman–Crippen MR) is 136 cm³/mol. The summed E-state index contributed by atoms with van der Waals surface area (Å²) in [5.74, 6) is 0.0154. The molecule has 188 valence electrons. The van der Waals surface area contributed by atoms with E-state index in [-0.39, 0.29) is 42.9 Å². The summed E-state index contributed by atoms with van der Waals surface area (Å²) in [5.41, 5.74) is 1.39. The SMILES string of the molecule is COc1ccc(S(=O)(=O)N2CCN(C(=O)[C@@H](Cc3ccccc3)NC(=O)c3ccccc3)CC2)cc1. The highest BCUT2D eigenvalue weighted by Gasteiger charge is 2.33. The van der Waals surface area contributed by atoms with Crippen molar-refractivity contribution in [1.82, 2.24) is 14.5 Å². The van der Waals surface area contributed by atoms with Crippen molar-refractivity contribution in [3.05, 3.63) is 96.1 Å². The third-order valence-electron chi connectivity index (χ3n) is 6.17. The molecule has 1 atom stereocenters. The Morgan fingerprint density at radius 2 is 1.44 bits per heavy atom. The minimum Gasteiger partial charge on any atom is -0.497 e. The zero-order valence-corrected chi connectivity index (χ0v) is 20.9. The van der Waals surface area contributed by atoms with E-state index >= 15 is 0 Å². The van der Waals surface area contributed by atoms with Crippen LogP contribution in [0.3, 0.4) is 0 Å². The number of amides is 2. The summed E-state index contributed by atoms with van der Waals surface area (Å²) in [5, 5.41) is 2.88. The first-order chi connectivity index (χ1) is 17.4. The van der Waals surface area contributed by atoms with Gasteiger partial charge < -0.3 is 15.0 Å². The highest BCUT2D eigenvalue weighted by atomic mass is 32.2. The van der Waals surface area contributed by atoms with Crippen molar-refractivity contribution in [2.45, 2.75) is 17.4 Å². The molecular formula is C27H29N3O5S. The Bertz CT molecular complexity index is 1270. The molecule has 4 rings (SSSR count). The van der Waals surface area contributed by atoms with E-state index in [1.165, 1.54) is 23.5 Å². The molecule has 0 aromatic heterocycles. The number of rotatable bonds is 8. The molecule has 0 unspecified atom stereocenters. The van der Waals surface area contributed by atoms with Gasteiger partial charge in [0.15, 0.2) is 0 Å². The van der Waals surface area contributed by atoms with Crippen LogP contribution in [0.15, 0.2) is 89.8 Å². The van der Waals surface area contributed by atoms with Gasteiger partial charge in [-0.05, 0) is 42.0 Å². The number of nitrogens with zero attached hydrogens (tertiary/aromatic N) is 2. The Morgan fingerprint density at radius 3 is 2.03 bits per heavy atom. The number of benzene rings is 3. The minimum atomic E-state index is -3.69. The van der Waals surface area contributed by atoms with Crippen molar-refractivity contribution in [2.75, 3.05) is 33.3 Å². The first kappa shape index (κ1) is 25.4. The fourth-order valence-corrected chi connectivity index (χ4v) is 5.57. The fraction of sp³-hybridized carbons (Fsp3) is 0.259. The van der Waals surface area contributed by atoms with Crippen LogP contribution in [0.25, 0.3) is 0 Å². The summed E-state index contributed by atoms with van der Waals surface area (Å²) < 4.78 is 32.6. The van der Waals surface area contributed by atoms with Gasteiger partial charge in [-0.15, -0.1) is 0 Å². The van der Waals surface area contributed by atoms with Gasteiger partial charge in [-0.2, -0.15) is 4.31 Å². The topological polar surface area (TPSA) is 96.0 Å². The number of ether oxygens (including phenoxy) is 1. The lowest BCUT2D eigenvalue weighted by atomic mass is 10.0. The summed E-state index contributed by atoms with van der Waals surface area (Å²) in [7, 11) is -2.17. The third kappa shape index (κ3) is 5.92. The fourth-order valence-electron chi connectivity index (χ4n) is 4.15. The van der Waals surface area contributed by atoms with Crippen LogP contribution >= 0.6 is 0 Å². The Hall–Kier alpha value is -3.69. The van der Waals surface area contributed by atoms with Crippen LogP contribution in [0.1, 0.15) is 15.9 Å². The molecule has 2 amide bonds. The van der Waals surface area contributed by atoms with E-state index in [9.17, 15) is 18.0 Å². The summed E-state index contributed by atoms with van der Waals surface area (Å²) in [6, 6.07) is 23.7. The van der Waals surface area contributed by atoms with Gasteiger partial charge in [0.25, 0.3) is 5.91 Å². The Balaban J connectivity index is 1.45. The van der Waals surface area contributed by atoms with Gasteiger partial charge in [-0.1, -0.05) is 48.5 Å². The van der Waals surface area contributed by atoms with E-state index in [4.69, 9.17) is 4.74 Å². The van der Waals surface area contributed by atoms with Crippen molar-refractivity contribution in [3.8, 4) is 5.75 Å². The van der Waals surface area contributed by atoms with Crippen LogP contribution in [-0.2, 0) is 21.2 Å². The Labute approximate surface area is 211 Å². The maximum Gasteiger partial charge on any atom is 0.251 e. The quantitative estimate of drug-likeness (QED) is 0.506. The minimum absolute atomic E-state index is 0.171. The van der Waals surface area contributed by atoms with Gasteiger partial charge in [-0.25, -0.2) is 8.42 Å². The van der Waals surface area contributed by atoms with Crippen molar-refractivity contribution in [3.63, 3.8) is 0 Å². The normalized spacial score (nSPS) is 15.2. The van der Waals surface area contributed by atoms with Gasteiger partial charge in [0.2, 0.25) is 15.9 Å². The molecule has 0 saturated carbocycles. The second kappa shape index (κ2) is 11.4. The molecule has 36 heavy (non-hydrogen) atoms. The Kier molecular flexibility index (Phi) is 8.02. The maximum absolute atomic E-state index is 13.5. The molecule has 8 nitrogen and oxygen atoms in total. The molecule has 0 aliphatic carbocycles. The molecular weight excluding hydrogens is 478 g/mol. The first-order valence-electron chi connectivity index (χ1n) is 11.7. The van der Waals surface area contributed by atoms with Crippen molar-refractivity contribution in [2.24, 2.45) is 0 Å². The molecule has 3 aromatic carbocycles. The van der Waals surface area contributed by atoms with Crippen LogP contribution in [0.4, 0.5) is 0 Å². The largest absolute Gasteiger partial charge is 0.497 e. The van der Waals surface area contributed by atoms with Crippen LogP contribution < -0.4 is 10.1 Å². The molecule has 3 aromatic rings. The predicted octanol–water partition coefficient (Wildman–Crippen LogP) is 2.57. The lowest BCUT2D eigenvalue weighted by molar-refractivity contribution is -0.134. The van der Waals surface area contributed by atoms with Gasteiger partial charge in [0.1, 0.15) is 11.8 Å². The molecule has 0 radical (unpaired) electrons. The Morgan fingerprint density at radius 1 is 0.861 bits per heavy atom. The number of hydrogen-bond acceptors (Lipinski definition) is 5. The summed E-state index contributed by atoms with van der Waals surface area (Å²) >= 11 is 0. The molecule has 1 N–H and O–H groups in total. The number of carbonyl (C=O) groups is 2. The van der Waals surface area contributed by atoms with E-state index < -0.39 is 16.1 Å². The van der Waals surface area contributed by atoms with Gasteiger partial charge in [-0.3, -0.25) is 9.59 Å². The molecule has 1 aliphatic heterocycles. The number of hydrogen-bond donors (Lipinski definition) is 1. The van der Waals surface area contributed by atoms with Crippen molar-refractivity contribution < 1.29 is 22.7 Å². The summed E-state index contributed by atoms with van der Waals surface area (Å²) in [4.78, 5) is 28.1. The van der Waals surface area contributed by atoms with E-state index in [1.54, 1.807) is 41.3 Å². The number of piperazine rings is 1. The monoisotopic (exact) mass is 507 g/mol. The van der Waals surface area contributed by atoms with E-state index in [0.29, 0.717) is 17.7 Å². The van der Waals surface area contributed by atoms with Gasteiger partial charge in [0, 0.05) is 38.2 Å².